The van der Waals surface area contributed by atoms with Crippen molar-refractivity contribution in [1.29, 1.82) is 0 Å². The quantitative estimate of drug-likeness (QED) is 0.756. The molecule has 1 aromatic carbocycles. The molecule has 0 aliphatic heterocycles. The van der Waals surface area contributed by atoms with Crippen LogP contribution in [-0.2, 0) is 0 Å². The smallest absolute Gasteiger partial charge is 0.181 e. The molecule has 6 heteroatoms. The molecule has 0 saturated carbocycles. The van der Waals surface area contributed by atoms with Crippen molar-refractivity contribution in [3.05, 3.63) is 45.8 Å². The molecule has 0 aliphatic rings. The average molecular weight is 296 g/mol. The predicted octanol–water partition coefficient (Wildman–Crippen LogP) is 4.51. The molecule has 90 valence electrons. The zero-order chi connectivity index (χ0) is 12.5. The van der Waals surface area contributed by atoms with Gasteiger partial charge in [-0.25, -0.2) is 4.98 Å². The number of nitrogens with zero attached hydrogens (tertiary/aromatic N) is 2. The van der Waals surface area contributed by atoms with Crippen LogP contribution in [0.2, 0.25) is 10.0 Å². The number of nitrogens with one attached hydrogen (secondary N) is 1. The van der Waals surface area contributed by atoms with Gasteiger partial charge in [0.1, 0.15) is 0 Å². The summed E-state index contributed by atoms with van der Waals surface area (Å²) in [5.74, 6) is 1.31. The molecule has 18 heavy (non-hydrogen) atoms. The third kappa shape index (κ3) is 2.14. The van der Waals surface area contributed by atoms with E-state index in [1.54, 1.807) is 0 Å². The van der Waals surface area contributed by atoms with E-state index in [2.05, 4.69) is 15.2 Å². The summed E-state index contributed by atoms with van der Waals surface area (Å²) in [5, 5.41) is 10.4. The molecule has 0 amide bonds. The maximum absolute atomic E-state index is 6.06. The molecular formula is C12H7Cl2N3S. The lowest BCUT2D eigenvalue weighted by Gasteiger charge is -1.94. The van der Waals surface area contributed by atoms with Crippen molar-refractivity contribution < 1.29 is 0 Å². The summed E-state index contributed by atoms with van der Waals surface area (Å²) >= 11 is 13.4. The van der Waals surface area contributed by atoms with Crippen LogP contribution in [0.15, 0.2) is 35.7 Å². The molecule has 0 aliphatic carbocycles. The van der Waals surface area contributed by atoms with E-state index in [4.69, 9.17) is 23.2 Å². The molecule has 3 rings (SSSR count). The monoisotopic (exact) mass is 295 g/mol. The van der Waals surface area contributed by atoms with E-state index < -0.39 is 0 Å². The zero-order valence-electron chi connectivity index (χ0n) is 9.02. The van der Waals surface area contributed by atoms with Crippen LogP contribution in [0.25, 0.3) is 22.1 Å². The third-order valence-electron chi connectivity index (χ3n) is 2.42. The van der Waals surface area contributed by atoms with Crippen molar-refractivity contribution in [2.24, 2.45) is 0 Å². The molecule has 0 radical (unpaired) electrons. The van der Waals surface area contributed by atoms with Crippen molar-refractivity contribution >= 4 is 34.5 Å². The van der Waals surface area contributed by atoms with Crippen LogP contribution >= 0.6 is 34.5 Å². The second kappa shape index (κ2) is 4.72. The van der Waals surface area contributed by atoms with Crippen LogP contribution in [0.3, 0.4) is 0 Å². The first-order valence-electron chi connectivity index (χ1n) is 5.16. The molecular weight excluding hydrogens is 289 g/mol. The first-order chi connectivity index (χ1) is 8.74. The molecule has 0 saturated heterocycles. The largest absolute Gasteiger partial charge is 0.258 e. The van der Waals surface area contributed by atoms with Crippen LogP contribution in [0, 0.1) is 0 Å². The molecule has 3 nitrogen and oxygen atoms in total. The second-order valence-electron chi connectivity index (χ2n) is 3.61. The minimum atomic E-state index is 0.631. The number of hydrogen-bond acceptors (Lipinski definition) is 3. The highest BCUT2D eigenvalue weighted by Crippen LogP contribution is 2.31. The Bertz CT molecular complexity index is 673. The summed E-state index contributed by atoms with van der Waals surface area (Å²) in [6.07, 6.45) is 0. The Balaban J connectivity index is 1.99. The highest BCUT2D eigenvalue weighted by atomic mass is 35.5. The summed E-state index contributed by atoms with van der Waals surface area (Å²) in [7, 11) is 0. The number of thiophene rings is 1. The van der Waals surface area contributed by atoms with Gasteiger partial charge in [0.15, 0.2) is 11.6 Å². The van der Waals surface area contributed by atoms with Gasteiger partial charge in [0, 0.05) is 10.6 Å². The van der Waals surface area contributed by atoms with Gasteiger partial charge in [0.05, 0.1) is 9.90 Å². The number of hydrogen-bond donors (Lipinski definition) is 1. The third-order valence-corrected chi connectivity index (χ3v) is 4.02. The lowest BCUT2D eigenvalue weighted by atomic mass is 10.2. The minimum absolute atomic E-state index is 0.631. The maximum atomic E-state index is 6.06. The topological polar surface area (TPSA) is 41.6 Å². The molecule has 0 unspecified atom stereocenters. The van der Waals surface area contributed by atoms with Gasteiger partial charge in [-0.1, -0.05) is 23.2 Å². The number of aromatic nitrogens is 3. The van der Waals surface area contributed by atoms with Gasteiger partial charge in [-0.05, 0) is 35.7 Å². The minimum Gasteiger partial charge on any atom is -0.258 e. The van der Waals surface area contributed by atoms with Gasteiger partial charge >= 0.3 is 0 Å². The Morgan fingerprint density at radius 1 is 1.06 bits per heavy atom. The molecule has 0 atom stereocenters. The average Bonchev–Trinajstić information content (AvgIpc) is 2.98. The summed E-state index contributed by atoms with van der Waals surface area (Å²) in [4.78, 5) is 5.32. The first kappa shape index (κ1) is 11.7. The Hall–Kier alpha value is -1.36. The highest BCUT2D eigenvalue weighted by Gasteiger charge is 2.11. The Morgan fingerprint density at radius 3 is 2.50 bits per heavy atom. The number of aromatic amines is 1. The van der Waals surface area contributed by atoms with Gasteiger partial charge in [-0.2, -0.15) is 5.10 Å². The summed E-state index contributed by atoms with van der Waals surface area (Å²) in [6, 6.07) is 9.22. The predicted molar refractivity (Wildman–Crippen MR) is 75.2 cm³/mol. The summed E-state index contributed by atoms with van der Waals surface area (Å²) in [5.41, 5.74) is 0.912. The van der Waals surface area contributed by atoms with Crippen molar-refractivity contribution in [3.8, 4) is 22.1 Å². The van der Waals surface area contributed by atoms with E-state index in [0.29, 0.717) is 21.7 Å². The van der Waals surface area contributed by atoms with Gasteiger partial charge in [0.25, 0.3) is 0 Å². The van der Waals surface area contributed by atoms with Crippen LogP contribution in [0.4, 0.5) is 0 Å². The van der Waals surface area contributed by atoms with Crippen molar-refractivity contribution in [2.45, 2.75) is 0 Å². The molecule has 0 spiro atoms. The van der Waals surface area contributed by atoms with E-state index >= 15 is 0 Å². The lowest BCUT2D eigenvalue weighted by molar-refractivity contribution is 1.10. The molecule has 3 aromatic rings. The molecule has 0 fully saturated rings. The molecule has 1 N–H and O–H groups in total. The van der Waals surface area contributed by atoms with Crippen LogP contribution in [0.1, 0.15) is 0 Å². The SMILES string of the molecule is Clc1ccc(-c2n[nH]c(-c3sccc3Cl)n2)cc1. The van der Waals surface area contributed by atoms with Crippen molar-refractivity contribution in [2.75, 3.05) is 0 Å². The second-order valence-corrected chi connectivity index (χ2v) is 5.37. The standard InChI is InChI=1S/C12H7Cl2N3S/c13-8-3-1-7(2-4-8)11-15-12(17-16-11)10-9(14)5-6-18-10/h1-6H,(H,15,16,17). The molecule has 2 aromatic heterocycles. The first-order valence-corrected chi connectivity index (χ1v) is 6.79. The Kier molecular flexibility index (Phi) is 3.07. The number of halogens is 2. The summed E-state index contributed by atoms with van der Waals surface area (Å²) in [6.45, 7) is 0. The maximum Gasteiger partial charge on any atom is 0.181 e. The van der Waals surface area contributed by atoms with E-state index in [9.17, 15) is 0 Å². The van der Waals surface area contributed by atoms with Gasteiger partial charge < -0.3 is 0 Å². The fraction of sp³-hybridized carbons (Fsp3) is 0. The normalized spacial score (nSPS) is 10.8. The summed E-state index contributed by atoms with van der Waals surface area (Å²) < 4.78 is 0. The van der Waals surface area contributed by atoms with E-state index in [1.807, 2.05) is 35.7 Å². The van der Waals surface area contributed by atoms with Gasteiger partial charge in [-0.15, -0.1) is 11.3 Å². The zero-order valence-corrected chi connectivity index (χ0v) is 11.4. The molecule has 2 heterocycles. The Morgan fingerprint density at radius 2 is 1.83 bits per heavy atom. The molecule has 0 bridgehead atoms. The van der Waals surface area contributed by atoms with Gasteiger partial charge in [-0.3, -0.25) is 5.10 Å². The fourth-order valence-corrected chi connectivity index (χ4v) is 2.76. The van der Waals surface area contributed by atoms with Gasteiger partial charge in [0.2, 0.25) is 0 Å². The number of H-pyrrole nitrogens is 1. The van der Waals surface area contributed by atoms with Crippen LogP contribution < -0.4 is 0 Å². The van der Waals surface area contributed by atoms with E-state index in [0.717, 1.165) is 10.4 Å². The lowest BCUT2D eigenvalue weighted by Crippen LogP contribution is -1.79. The van der Waals surface area contributed by atoms with E-state index in [1.165, 1.54) is 11.3 Å². The van der Waals surface area contributed by atoms with E-state index in [-0.39, 0.29) is 0 Å². The highest BCUT2D eigenvalue weighted by molar-refractivity contribution is 7.14. The van der Waals surface area contributed by atoms with Crippen molar-refractivity contribution in [3.63, 3.8) is 0 Å². The van der Waals surface area contributed by atoms with Crippen LogP contribution in [0.5, 0.6) is 0 Å². The number of benzene rings is 1. The number of rotatable bonds is 2. The van der Waals surface area contributed by atoms with Crippen molar-refractivity contribution in [1.82, 2.24) is 15.2 Å². The van der Waals surface area contributed by atoms with Crippen LogP contribution in [-0.4, -0.2) is 15.2 Å². The fourth-order valence-electron chi connectivity index (χ4n) is 1.55. The Labute approximate surface area is 117 Å².